The molecule has 0 aromatic heterocycles. The van der Waals surface area contributed by atoms with Crippen molar-refractivity contribution in [2.75, 3.05) is 32.2 Å². The van der Waals surface area contributed by atoms with E-state index in [0.29, 0.717) is 22.9 Å². The monoisotopic (exact) mass is 298 g/mol. The summed E-state index contributed by atoms with van der Waals surface area (Å²) in [5.41, 5.74) is 1.04. The number of nitrogens with zero attached hydrogens (tertiary/aromatic N) is 1. The van der Waals surface area contributed by atoms with E-state index in [0.717, 1.165) is 30.9 Å². The number of benzene rings is 1. The third kappa shape index (κ3) is 2.96. The smallest absolute Gasteiger partial charge is 0.143 e. The predicted octanol–water partition coefficient (Wildman–Crippen LogP) is 2.93. The van der Waals surface area contributed by atoms with Gasteiger partial charge in [-0.15, -0.1) is 0 Å². The zero-order valence-corrected chi connectivity index (χ0v) is 13.3. The fourth-order valence-corrected chi connectivity index (χ4v) is 2.84. The molecule has 20 heavy (non-hydrogen) atoms. The number of halogens is 1. The van der Waals surface area contributed by atoms with Crippen molar-refractivity contribution in [3.8, 4) is 11.5 Å². The quantitative estimate of drug-likeness (QED) is 0.927. The Balaban J connectivity index is 2.38. The van der Waals surface area contributed by atoms with E-state index < -0.39 is 0 Å². The molecule has 1 aliphatic heterocycles. The van der Waals surface area contributed by atoms with Gasteiger partial charge in [-0.1, -0.05) is 18.5 Å². The number of hydrogen-bond donors (Lipinski definition) is 1. The summed E-state index contributed by atoms with van der Waals surface area (Å²) in [6.07, 6.45) is 1.11. The molecule has 1 heterocycles. The minimum atomic E-state index is 0.401. The maximum atomic E-state index is 6.18. The Morgan fingerprint density at radius 1 is 1.30 bits per heavy atom. The summed E-state index contributed by atoms with van der Waals surface area (Å²) in [6, 6.07) is 4.69. The van der Waals surface area contributed by atoms with Crippen LogP contribution in [-0.4, -0.2) is 39.4 Å². The standard InChI is InChI=1S/C15H23ClN2O2/c1-5-11-9-18(10(2)8-17-11)13-7-14(19-3)12(16)6-15(13)20-4/h6-7,10-11,17H,5,8-9H2,1-4H3. The lowest BCUT2D eigenvalue weighted by atomic mass is 10.1. The minimum absolute atomic E-state index is 0.401. The van der Waals surface area contributed by atoms with E-state index in [4.69, 9.17) is 21.1 Å². The van der Waals surface area contributed by atoms with Crippen molar-refractivity contribution in [3.63, 3.8) is 0 Å². The molecule has 0 amide bonds. The molecule has 4 nitrogen and oxygen atoms in total. The number of nitrogens with one attached hydrogen (secondary N) is 1. The van der Waals surface area contributed by atoms with Crippen molar-refractivity contribution in [1.82, 2.24) is 5.32 Å². The Morgan fingerprint density at radius 2 is 2.00 bits per heavy atom. The molecule has 1 aliphatic rings. The lowest BCUT2D eigenvalue weighted by molar-refractivity contribution is 0.379. The zero-order valence-electron chi connectivity index (χ0n) is 12.6. The van der Waals surface area contributed by atoms with E-state index in [2.05, 4.69) is 24.1 Å². The Hall–Kier alpha value is -1.13. The van der Waals surface area contributed by atoms with Crippen molar-refractivity contribution in [2.45, 2.75) is 32.4 Å². The summed E-state index contributed by atoms with van der Waals surface area (Å²) < 4.78 is 10.8. The van der Waals surface area contributed by atoms with Crippen LogP contribution in [-0.2, 0) is 0 Å². The number of piperazine rings is 1. The van der Waals surface area contributed by atoms with Gasteiger partial charge in [0, 0.05) is 37.3 Å². The van der Waals surface area contributed by atoms with Crippen LogP contribution in [0.5, 0.6) is 11.5 Å². The van der Waals surface area contributed by atoms with Gasteiger partial charge in [0.1, 0.15) is 11.5 Å². The van der Waals surface area contributed by atoms with E-state index in [-0.39, 0.29) is 0 Å². The number of ether oxygens (including phenoxy) is 2. The molecule has 2 rings (SSSR count). The molecular formula is C15H23ClN2O2. The first-order chi connectivity index (χ1) is 9.60. The molecule has 2 unspecified atom stereocenters. The van der Waals surface area contributed by atoms with Crippen LogP contribution in [0.4, 0.5) is 5.69 Å². The highest BCUT2D eigenvalue weighted by atomic mass is 35.5. The first kappa shape index (κ1) is 15.3. The molecule has 2 atom stereocenters. The number of anilines is 1. The van der Waals surface area contributed by atoms with Gasteiger partial charge >= 0.3 is 0 Å². The lowest BCUT2D eigenvalue weighted by Gasteiger charge is -2.40. The Labute approximate surface area is 126 Å². The van der Waals surface area contributed by atoms with Gasteiger partial charge in [0.15, 0.2) is 0 Å². The molecular weight excluding hydrogens is 276 g/mol. The van der Waals surface area contributed by atoms with Gasteiger partial charge in [-0.3, -0.25) is 0 Å². The van der Waals surface area contributed by atoms with Crippen molar-refractivity contribution >= 4 is 17.3 Å². The summed E-state index contributed by atoms with van der Waals surface area (Å²) in [5.74, 6) is 1.47. The third-order valence-corrected chi connectivity index (χ3v) is 4.20. The highest BCUT2D eigenvalue weighted by molar-refractivity contribution is 6.32. The Kier molecular flexibility index (Phi) is 5.00. The molecule has 0 bridgehead atoms. The zero-order chi connectivity index (χ0) is 14.7. The van der Waals surface area contributed by atoms with Gasteiger partial charge in [-0.05, 0) is 13.3 Å². The summed E-state index contributed by atoms with van der Waals surface area (Å²) in [6.45, 7) is 6.33. The van der Waals surface area contributed by atoms with Crippen LogP contribution in [0, 0.1) is 0 Å². The van der Waals surface area contributed by atoms with Crippen LogP contribution >= 0.6 is 11.6 Å². The summed E-state index contributed by atoms with van der Waals surface area (Å²) in [5, 5.41) is 4.13. The van der Waals surface area contributed by atoms with E-state index in [1.165, 1.54) is 0 Å². The molecule has 0 spiro atoms. The number of hydrogen-bond acceptors (Lipinski definition) is 4. The minimum Gasteiger partial charge on any atom is -0.495 e. The molecule has 1 aromatic rings. The second kappa shape index (κ2) is 6.55. The van der Waals surface area contributed by atoms with E-state index >= 15 is 0 Å². The van der Waals surface area contributed by atoms with Crippen LogP contribution < -0.4 is 19.7 Å². The molecule has 0 aliphatic carbocycles. The molecule has 1 fully saturated rings. The highest BCUT2D eigenvalue weighted by Crippen LogP contribution is 2.39. The fourth-order valence-electron chi connectivity index (χ4n) is 2.61. The highest BCUT2D eigenvalue weighted by Gasteiger charge is 2.27. The van der Waals surface area contributed by atoms with Gasteiger partial charge < -0.3 is 19.7 Å². The Morgan fingerprint density at radius 3 is 2.60 bits per heavy atom. The van der Waals surface area contributed by atoms with Crippen LogP contribution in [0.25, 0.3) is 0 Å². The summed E-state index contributed by atoms with van der Waals surface area (Å²) >= 11 is 6.18. The normalized spacial score (nSPS) is 22.8. The van der Waals surface area contributed by atoms with Crippen LogP contribution in [0.1, 0.15) is 20.3 Å². The first-order valence-corrected chi connectivity index (χ1v) is 7.40. The number of methoxy groups -OCH3 is 2. The number of rotatable bonds is 4. The molecule has 5 heteroatoms. The summed E-state index contributed by atoms with van der Waals surface area (Å²) in [4.78, 5) is 2.36. The largest absolute Gasteiger partial charge is 0.495 e. The van der Waals surface area contributed by atoms with Crippen molar-refractivity contribution in [2.24, 2.45) is 0 Å². The topological polar surface area (TPSA) is 33.7 Å². The van der Waals surface area contributed by atoms with Crippen LogP contribution in [0.15, 0.2) is 12.1 Å². The average Bonchev–Trinajstić information content (AvgIpc) is 2.47. The van der Waals surface area contributed by atoms with Crippen LogP contribution in [0.2, 0.25) is 5.02 Å². The van der Waals surface area contributed by atoms with Gasteiger partial charge in [0.2, 0.25) is 0 Å². The fraction of sp³-hybridized carbons (Fsp3) is 0.600. The summed E-state index contributed by atoms with van der Waals surface area (Å²) in [7, 11) is 3.30. The molecule has 1 N–H and O–H groups in total. The van der Waals surface area contributed by atoms with Crippen molar-refractivity contribution in [1.29, 1.82) is 0 Å². The maximum absolute atomic E-state index is 6.18. The van der Waals surface area contributed by atoms with Crippen LogP contribution in [0.3, 0.4) is 0 Å². The first-order valence-electron chi connectivity index (χ1n) is 7.02. The SMILES string of the molecule is CCC1CN(c2cc(OC)c(Cl)cc2OC)C(C)CN1. The van der Waals surface area contributed by atoms with Gasteiger partial charge in [0.25, 0.3) is 0 Å². The second-order valence-corrected chi connectivity index (χ2v) is 5.58. The molecule has 1 saturated heterocycles. The van der Waals surface area contributed by atoms with Gasteiger partial charge in [-0.2, -0.15) is 0 Å². The predicted molar refractivity (Wildman–Crippen MR) is 83.4 cm³/mol. The molecule has 0 radical (unpaired) electrons. The molecule has 0 saturated carbocycles. The lowest BCUT2D eigenvalue weighted by Crippen LogP contribution is -2.55. The maximum Gasteiger partial charge on any atom is 0.143 e. The average molecular weight is 299 g/mol. The molecule has 1 aromatic carbocycles. The van der Waals surface area contributed by atoms with Gasteiger partial charge in [-0.25, -0.2) is 0 Å². The van der Waals surface area contributed by atoms with E-state index in [1.54, 1.807) is 14.2 Å². The Bertz CT molecular complexity index is 467. The third-order valence-electron chi connectivity index (χ3n) is 3.91. The van der Waals surface area contributed by atoms with Crippen molar-refractivity contribution < 1.29 is 9.47 Å². The van der Waals surface area contributed by atoms with E-state index in [9.17, 15) is 0 Å². The van der Waals surface area contributed by atoms with Crippen molar-refractivity contribution in [3.05, 3.63) is 17.2 Å². The molecule has 112 valence electrons. The van der Waals surface area contributed by atoms with E-state index in [1.807, 2.05) is 12.1 Å². The second-order valence-electron chi connectivity index (χ2n) is 5.17. The van der Waals surface area contributed by atoms with Gasteiger partial charge in [0.05, 0.1) is 24.9 Å².